The molecular weight excluding hydrogens is 482 g/mol. The molecule has 0 aromatic heterocycles. The van der Waals surface area contributed by atoms with Crippen molar-refractivity contribution in [2.75, 3.05) is 31.3 Å². The Kier molecular flexibility index (Phi) is 7.09. The molecule has 0 heterocycles. The molecule has 3 aromatic carbocycles. The molecular formula is C23H26ClN3O6S. The summed E-state index contributed by atoms with van der Waals surface area (Å²) in [7, 11) is -1.52. The third kappa shape index (κ3) is 4.54. The van der Waals surface area contributed by atoms with Crippen LogP contribution >= 0.6 is 11.6 Å². The fourth-order valence-corrected chi connectivity index (χ4v) is 4.95. The van der Waals surface area contributed by atoms with Crippen molar-refractivity contribution in [3.63, 3.8) is 0 Å². The van der Waals surface area contributed by atoms with Crippen LogP contribution in [0.2, 0.25) is 5.02 Å². The Hall–Kier alpha value is -2.92. The molecule has 1 unspecified atom stereocenters. The smallest absolute Gasteiger partial charge is 0.253 e. The van der Waals surface area contributed by atoms with Crippen molar-refractivity contribution in [1.82, 2.24) is 4.31 Å². The molecule has 11 heteroatoms. The summed E-state index contributed by atoms with van der Waals surface area (Å²) in [5.74, 6) is -0.685. The molecule has 0 aliphatic carbocycles. The van der Waals surface area contributed by atoms with Crippen molar-refractivity contribution in [2.24, 2.45) is 5.41 Å². The highest BCUT2D eigenvalue weighted by Gasteiger charge is 2.34. The fraction of sp³-hybridized carbons (Fsp3) is 0.304. The molecule has 0 saturated carbocycles. The lowest BCUT2D eigenvalue weighted by atomic mass is 9.80. The minimum atomic E-state index is -4.10. The first-order valence-electron chi connectivity index (χ1n) is 10.3. The van der Waals surface area contributed by atoms with E-state index in [1.165, 1.54) is 26.2 Å². The maximum absolute atomic E-state index is 12.6. The quantitative estimate of drug-likeness (QED) is 0.256. The number of hydrogen-bond donors (Lipinski definition) is 4. The van der Waals surface area contributed by atoms with E-state index in [4.69, 9.17) is 11.6 Å². The van der Waals surface area contributed by atoms with Gasteiger partial charge in [-0.2, -0.15) is 0 Å². The SMILES string of the molecule is CN(C)S(=O)(=O)c1c(Cl)ccc(Nc2c(NC(c3ccccc3)C(C)(C)CO)c(=O)c2=O)c1O. The molecule has 0 radical (unpaired) electrons. The number of phenols is 1. The molecule has 0 aliphatic heterocycles. The van der Waals surface area contributed by atoms with Crippen LogP contribution in [0.15, 0.2) is 56.9 Å². The van der Waals surface area contributed by atoms with E-state index in [9.17, 15) is 28.2 Å². The van der Waals surface area contributed by atoms with E-state index in [1.54, 1.807) is 13.8 Å². The number of anilines is 3. The van der Waals surface area contributed by atoms with Crippen LogP contribution in [0.25, 0.3) is 0 Å². The van der Waals surface area contributed by atoms with Crippen LogP contribution in [0.4, 0.5) is 17.1 Å². The molecule has 0 fully saturated rings. The average molecular weight is 508 g/mol. The van der Waals surface area contributed by atoms with E-state index in [0.29, 0.717) is 0 Å². The molecule has 0 saturated heterocycles. The summed E-state index contributed by atoms with van der Waals surface area (Å²) in [6.07, 6.45) is 0. The monoisotopic (exact) mass is 507 g/mol. The summed E-state index contributed by atoms with van der Waals surface area (Å²) in [6.45, 7) is 3.40. The van der Waals surface area contributed by atoms with Crippen molar-refractivity contribution < 1.29 is 18.6 Å². The fourth-order valence-electron chi connectivity index (χ4n) is 3.47. The zero-order valence-electron chi connectivity index (χ0n) is 19.1. The zero-order chi connectivity index (χ0) is 25.4. The van der Waals surface area contributed by atoms with E-state index >= 15 is 0 Å². The zero-order valence-corrected chi connectivity index (χ0v) is 20.7. The normalized spacial score (nSPS) is 13.3. The maximum Gasteiger partial charge on any atom is 0.253 e. The maximum atomic E-state index is 12.6. The van der Waals surface area contributed by atoms with Gasteiger partial charge in [0.2, 0.25) is 10.0 Å². The first-order chi connectivity index (χ1) is 15.8. The third-order valence-electron chi connectivity index (χ3n) is 5.60. The summed E-state index contributed by atoms with van der Waals surface area (Å²) in [4.78, 5) is 24.3. The number of sulfonamides is 1. The molecule has 34 heavy (non-hydrogen) atoms. The lowest BCUT2D eigenvalue weighted by Crippen LogP contribution is -2.40. The number of nitrogens with one attached hydrogen (secondary N) is 2. The molecule has 4 N–H and O–H groups in total. The lowest BCUT2D eigenvalue weighted by molar-refractivity contribution is 0.139. The van der Waals surface area contributed by atoms with Gasteiger partial charge < -0.3 is 20.8 Å². The molecule has 0 aliphatic rings. The molecule has 1 atom stereocenters. The number of nitrogens with zero attached hydrogens (tertiary/aromatic N) is 1. The van der Waals surface area contributed by atoms with Crippen LogP contribution in [0.1, 0.15) is 25.5 Å². The van der Waals surface area contributed by atoms with Gasteiger partial charge in [-0.1, -0.05) is 55.8 Å². The number of aromatic hydroxyl groups is 1. The molecule has 3 aromatic rings. The van der Waals surface area contributed by atoms with Crippen LogP contribution in [0.5, 0.6) is 5.75 Å². The van der Waals surface area contributed by atoms with Gasteiger partial charge in [-0.25, -0.2) is 12.7 Å². The second-order valence-electron chi connectivity index (χ2n) is 8.73. The van der Waals surface area contributed by atoms with Crippen molar-refractivity contribution in [3.8, 4) is 5.75 Å². The highest BCUT2D eigenvalue weighted by atomic mass is 35.5. The number of rotatable bonds is 9. The molecule has 0 bridgehead atoms. The van der Waals surface area contributed by atoms with E-state index in [2.05, 4.69) is 10.6 Å². The summed E-state index contributed by atoms with van der Waals surface area (Å²) < 4.78 is 26.1. The van der Waals surface area contributed by atoms with E-state index in [-0.39, 0.29) is 28.7 Å². The van der Waals surface area contributed by atoms with Gasteiger partial charge in [0, 0.05) is 19.5 Å². The number of benzene rings is 2. The predicted octanol–water partition coefficient (Wildman–Crippen LogP) is 2.81. The molecule has 182 valence electrons. The Labute approximate surface area is 202 Å². The van der Waals surface area contributed by atoms with Crippen LogP contribution in [0.3, 0.4) is 0 Å². The van der Waals surface area contributed by atoms with Crippen LogP contribution in [-0.2, 0) is 10.0 Å². The van der Waals surface area contributed by atoms with E-state index in [0.717, 1.165) is 9.87 Å². The van der Waals surface area contributed by atoms with Gasteiger partial charge in [-0.3, -0.25) is 9.59 Å². The average Bonchev–Trinajstić information content (AvgIpc) is 2.79. The topological polar surface area (TPSA) is 136 Å². The van der Waals surface area contributed by atoms with Crippen molar-refractivity contribution in [2.45, 2.75) is 24.8 Å². The number of phenolic OH excluding ortho intramolecular Hbond substituents is 1. The van der Waals surface area contributed by atoms with Gasteiger partial charge in [0.05, 0.1) is 23.4 Å². The van der Waals surface area contributed by atoms with Crippen molar-refractivity contribution in [1.29, 1.82) is 0 Å². The van der Waals surface area contributed by atoms with Gasteiger partial charge in [-0.05, 0) is 17.7 Å². The largest absolute Gasteiger partial charge is 0.504 e. The Bertz CT molecular complexity index is 1380. The van der Waals surface area contributed by atoms with Gasteiger partial charge in [0.15, 0.2) is 5.75 Å². The second kappa shape index (κ2) is 9.38. The number of aliphatic hydroxyl groups is 1. The minimum absolute atomic E-state index is 0.0354. The summed E-state index contributed by atoms with van der Waals surface area (Å²) in [5, 5.41) is 26.1. The van der Waals surface area contributed by atoms with Crippen molar-refractivity contribution >= 4 is 38.7 Å². The standard InChI is InChI=1S/C23H26ClN3O6S/c1-23(2,12-28)22(13-8-6-5-7-9-13)26-17-16(19(30)20(17)31)25-15-11-10-14(24)21(18(15)29)34(32,33)27(3)4/h5-11,22,25-26,28-29H,12H2,1-4H3. The highest BCUT2D eigenvalue weighted by Crippen LogP contribution is 2.41. The predicted molar refractivity (Wildman–Crippen MR) is 132 cm³/mol. The number of halogens is 1. The van der Waals surface area contributed by atoms with E-state index < -0.39 is 43.0 Å². The summed E-state index contributed by atoms with van der Waals surface area (Å²) in [6, 6.07) is 11.2. The molecule has 3 rings (SSSR count). The van der Waals surface area contributed by atoms with Crippen LogP contribution in [0, 0.1) is 5.41 Å². The lowest BCUT2D eigenvalue weighted by Gasteiger charge is -2.35. The third-order valence-corrected chi connectivity index (χ3v) is 7.92. The number of hydrogen-bond acceptors (Lipinski definition) is 8. The van der Waals surface area contributed by atoms with Crippen molar-refractivity contribution in [3.05, 3.63) is 73.5 Å². The molecule has 0 spiro atoms. The number of aliphatic hydroxyl groups excluding tert-OH is 1. The van der Waals surface area contributed by atoms with E-state index in [1.807, 2.05) is 30.3 Å². The van der Waals surface area contributed by atoms with Crippen LogP contribution < -0.4 is 21.5 Å². The van der Waals surface area contributed by atoms with Gasteiger partial charge >= 0.3 is 0 Å². The highest BCUT2D eigenvalue weighted by molar-refractivity contribution is 7.89. The van der Waals surface area contributed by atoms with Gasteiger partial charge in [-0.15, -0.1) is 0 Å². The minimum Gasteiger partial charge on any atom is -0.504 e. The first kappa shape index (κ1) is 25.7. The Balaban J connectivity index is 2.04. The van der Waals surface area contributed by atoms with Gasteiger partial charge in [0.25, 0.3) is 10.9 Å². The Morgan fingerprint density at radius 3 is 2.18 bits per heavy atom. The summed E-state index contributed by atoms with van der Waals surface area (Å²) in [5.41, 5.74) is -1.81. The van der Waals surface area contributed by atoms with Gasteiger partial charge in [0.1, 0.15) is 16.3 Å². The molecule has 9 nitrogen and oxygen atoms in total. The second-order valence-corrected chi connectivity index (χ2v) is 11.2. The van der Waals surface area contributed by atoms with Crippen LogP contribution in [-0.4, -0.2) is 43.6 Å². The summed E-state index contributed by atoms with van der Waals surface area (Å²) >= 11 is 6.04. The molecule has 0 amide bonds. The first-order valence-corrected chi connectivity index (χ1v) is 12.1. The Morgan fingerprint density at radius 2 is 1.62 bits per heavy atom. The Morgan fingerprint density at radius 1 is 1.03 bits per heavy atom.